The third-order valence-electron chi connectivity index (χ3n) is 8.38. The number of hydrogen-bond donors (Lipinski definition) is 1. The first-order valence-electron chi connectivity index (χ1n) is 13.7. The van der Waals surface area contributed by atoms with E-state index >= 15 is 0 Å². The molecule has 8 nitrogen and oxygen atoms in total. The lowest BCUT2D eigenvalue weighted by Crippen LogP contribution is -2.49. The Balaban J connectivity index is 1.20. The third-order valence-corrected chi connectivity index (χ3v) is 9.52. The van der Waals surface area contributed by atoms with Crippen LogP contribution in [-0.2, 0) is 14.6 Å². The molecular weight excluding hydrogens is 500 g/mol. The second-order valence-electron chi connectivity index (χ2n) is 12.2. The van der Waals surface area contributed by atoms with Crippen LogP contribution in [-0.4, -0.2) is 68.1 Å². The number of rotatable bonds is 6. The lowest BCUT2D eigenvalue weighted by molar-refractivity contribution is -0.120. The van der Waals surface area contributed by atoms with Crippen LogP contribution >= 0.6 is 0 Å². The van der Waals surface area contributed by atoms with E-state index < -0.39 is 15.8 Å². The topological polar surface area (TPSA) is 99.7 Å². The van der Waals surface area contributed by atoms with Gasteiger partial charge in [0.1, 0.15) is 5.82 Å². The number of amides is 2. The van der Waals surface area contributed by atoms with E-state index in [1.54, 1.807) is 17.0 Å². The first-order chi connectivity index (χ1) is 18.0. The average molecular weight is 537 g/mol. The van der Waals surface area contributed by atoms with Gasteiger partial charge in [-0.05, 0) is 86.6 Å². The number of pyridine rings is 1. The van der Waals surface area contributed by atoms with Crippen LogP contribution in [0.3, 0.4) is 0 Å². The second-order valence-corrected chi connectivity index (χ2v) is 14.2. The molecule has 6 rings (SSSR count). The lowest BCUT2D eigenvalue weighted by Gasteiger charge is -2.36. The van der Waals surface area contributed by atoms with Gasteiger partial charge in [-0.2, -0.15) is 0 Å². The maximum Gasteiger partial charge on any atom is 0.255 e. The van der Waals surface area contributed by atoms with E-state index in [4.69, 9.17) is 4.98 Å². The van der Waals surface area contributed by atoms with Crippen molar-refractivity contribution >= 4 is 27.5 Å². The summed E-state index contributed by atoms with van der Waals surface area (Å²) in [5.74, 6) is 1.48. The van der Waals surface area contributed by atoms with Crippen molar-refractivity contribution in [2.45, 2.75) is 74.1 Å². The summed E-state index contributed by atoms with van der Waals surface area (Å²) in [6.45, 7) is 6.21. The van der Waals surface area contributed by atoms with Crippen molar-refractivity contribution in [3.8, 4) is 0 Å². The number of aromatic nitrogens is 1. The van der Waals surface area contributed by atoms with Gasteiger partial charge in [0.2, 0.25) is 5.91 Å². The highest BCUT2D eigenvalue weighted by Gasteiger charge is 2.39. The van der Waals surface area contributed by atoms with Crippen molar-refractivity contribution in [2.24, 2.45) is 0 Å². The molecule has 0 bridgehead atoms. The SMILES string of the molecule is CC1(C)CC(c2ccc(C(=O)N3CCN(c4ncc(C5CC5)cc4C4CC4)CC3)c(S(C)(=O)=O)c2)C(=O)N1. The predicted octanol–water partition coefficient (Wildman–Crippen LogP) is 3.58. The highest BCUT2D eigenvalue weighted by molar-refractivity contribution is 7.90. The molecule has 4 fully saturated rings. The molecule has 0 spiro atoms. The van der Waals surface area contributed by atoms with E-state index in [0.29, 0.717) is 50.0 Å². The normalized spacial score (nSPS) is 23.4. The van der Waals surface area contributed by atoms with Crippen molar-refractivity contribution in [1.82, 2.24) is 15.2 Å². The summed E-state index contributed by atoms with van der Waals surface area (Å²) in [5, 5.41) is 2.96. The number of nitrogens with zero attached hydrogens (tertiary/aromatic N) is 3. The Morgan fingerprint density at radius 2 is 1.68 bits per heavy atom. The Morgan fingerprint density at radius 3 is 2.26 bits per heavy atom. The zero-order valence-corrected chi connectivity index (χ0v) is 23.2. The maximum atomic E-state index is 13.6. The number of hydrogen-bond acceptors (Lipinski definition) is 6. The molecule has 4 aliphatic rings. The Hall–Kier alpha value is -2.94. The molecule has 0 radical (unpaired) electrons. The quantitative estimate of drug-likeness (QED) is 0.606. The van der Waals surface area contributed by atoms with Crippen molar-refractivity contribution in [3.05, 3.63) is 52.7 Å². The first-order valence-corrected chi connectivity index (χ1v) is 15.6. The first kappa shape index (κ1) is 25.3. The lowest BCUT2D eigenvalue weighted by atomic mass is 9.90. The molecule has 38 heavy (non-hydrogen) atoms. The predicted molar refractivity (Wildman–Crippen MR) is 145 cm³/mol. The van der Waals surface area contributed by atoms with Crippen LogP contribution in [0.2, 0.25) is 0 Å². The van der Waals surface area contributed by atoms with Gasteiger partial charge >= 0.3 is 0 Å². The van der Waals surface area contributed by atoms with Crippen LogP contribution in [0.1, 0.15) is 90.8 Å². The molecule has 3 heterocycles. The van der Waals surface area contributed by atoms with Gasteiger partial charge in [-0.1, -0.05) is 12.1 Å². The van der Waals surface area contributed by atoms with E-state index in [0.717, 1.165) is 12.1 Å². The molecule has 1 unspecified atom stereocenters. The van der Waals surface area contributed by atoms with E-state index in [-0.39, 0.29) is 27.8 Å². The van der Waals surface area contributed by atoms with Crippen molar-refractivity contribution in [1.29, 1.82) is 0 Å². The summed E-state index contributed by atoms with van der Waals surface area (Å²) >= 11 is 0. The second kappa shape index (κ2) is 9.07. The molecule has 1 aromatic carbocycles. The van der Waals surface area contributed by atoms with E-state index in [2.05, 4.69) is 16.3 Å². The summed E-state index contributed by atoms with van der Waals surface area (Å²) in [5.41, 5.74) is 3.16. The molecule has 1 N–H and O–H groups in total. The molecule has 2 saturated heterocycles. The van der Waals surface area contributed by atoms with Crippen LogP contribution in [0.15, 0.2) is 35.4 Å². The zero-order chi connectivity index (χ0) is 26.8. The van der Waals surface area contributed by atoms with Gasteiger partial charge in [-0.3, -0.25) is 9.59 Å². The van der Waals surface area contributed by atoms with Gasteiger partial charge < -0.3 is 15.1 Å². The smallest absolute Gasteiger partial charge is 0.255 e. The molecule has 9 heteroatoms. The molecular formula is C29H36N4O4S. The Morgan fingerprint density at radius 1 is 1.00 bits per heavy atom. The van der Waals surface area contributed by atoms with Crippen LogP contribution in [0, 0.1) is 0 Å². The standard InChI is InChI=1S/C29H36N4O4S/c1-29(2)16-24(27(34)31-29)20-8-9-22(25(15-20)38(3,36)37)28(35)33-12-10-32(11-13-33)26-23(19-6-7-19)14-21(17-30-26)18-4-5-18/h8-9,14-15,17-19,24H,4-7,10-13,16H2,1-3H3,(H,31,34). The molecule has 2 amide bonds. The summed E-state index contributed by atoms with van der Waals surface area (Å²) in [6.07, 6.45) is 8.67. The van der Waals surface area contributed by atoms with Gasteiger partial charge in [-0.25, -0.2) is 13.4 Å². The van der Waals surface area contributed by atoms with Crippen LogP contribution < -0.4 is 10.2 Å². The summed E-state index contributed by atoms with van der Waals surface area (Å²) < 4.78 is 25.5. The van der Waals surface area contributed by atoms with Crippen molar-refractivity contribution in [2.75, 3.05) is 37.3 Å². The number of carbonyl (C=O) groups is 2. The van der Waals surface area contributed by atoms with Crippen molar-refractivity contribution < 1.29 is 18.0 Å². The number of piperazine rings is 1. The highest BCUT2D eigenvalue weighted by atomic mass is 32.2. The maximum absolute atomic E-state index is 13.6. The molecule has 2 saturated carbocycles. The minimum Gasteiger partial charge on any atom is -0.353 e. The minimum absolute atomic E-state index is 0.00622. The molecule has 1 aromatic heterocycles. The van der Waals surface area contributed by atoms with Crippen LogP contribution in [0.4, 0.5) is 5.82 Å². The fourth-order valence-corrected chi connectivity index (χ4v) is 6.87. The summed E-state index contributed by atoms with van der Waals surface area (Å²) in [6, 6.07) is 7.21. The molecule has 2 aromatic rings. The monoisotopic (exact) mass is 536 g/mol. The third kappa shape index (κ3) is 4.93. The molecule has 2 aliphatic carbocycles. The van der Waals surface area contributed by atoms with Crippen LogP contribution in [0.25, 0.3) is 0 Å². The molecule has 1 atom stereocenters. The average Bonchev–Trinajstić information content (AvgIpc) is 3.80. The van der Waals surface area contributed by atoms with E-state index in [1.165, 1.54) is 42.9 Å². The largest absolute Gasteiger partial charge is 0.353 e. The number of anilines is 1. The van der Waals surface area contributed by atoms with Gasteiger partial charge in [0.25, 0.3) is 5.91 Å². The van der Waals surface area contributed by atoms with Gasteiger partial charge in [0.15, 0.2) is 9.84 Å². The van der Waals surface area contributed by atoms with E-state index in [1.807, 2.05) is 20.0 Å². The van der Waals surface area contributed by atoms with Gasteiger partial charge in [0.05, 0.1) is 16.4 Å². The Bertz CT molecular complexity index is 1400. The number of sulfone groups is 1. The highest BCUT2D eigenvalue weighted by Crippen LogP contribution is 2.47. The summed E-state index contributed by atoms with van der Waals surface area (Å²) in [7, 11) is -3.68. The van der Waals surface area contributed by atoms with Crippen molar-refractivity contribution in [3.63, 3.8) is 0 Å². The number of nitrogens with one attached hydrogen (secondary N) is 1. The Labute approximate surface area is 224 Å². The summed E-state index contributed by atoms with van der Waals surface area (Å²) in [4.78, 5) is 35.0. The van der Waals surface area contributed by atoms with Gasteiger partial charge in [0, 0.05) is 44.2 Å². The van der Waals surface area contributed by atoms with Crippen LogP contribution in [0.5, 0.6) is 0 Å². The van der Waals surface area contributed by atoms with E-state index in [9.17, 15) is 18.0 Å². The number of carbonyl (C=O) groups excluding carboxylic acids is 2. The zero-order valence-electron chi connectivity index (χ0n) is 22.4. The number of benzene rings is 1. The Kier molecular flexibility index (Phi) is 6.05. The molecule has 202 valence electrons. The van der Waals surface area contributed by atoms with Gasteiger partial charge in [-0.15, -0.1) is 0 Å². The fraction of sp³-hybridized carbons (Fsp3) is 0.552. The minimum atomic E-state index is -3.68. The molecule has 2 aliphatic heterocycles. The fourth-order valence-electron chi connectivity index (χ4n) is 5.97.